The van der Waals surface area contributed by atoms with Gasteiger partial charge >= 0.3 is 12.0 Å². The second kappa shape index (κ2) is 8.39. The lowest BCUT2D eigenvalue weighted by Crippen LogP contribution is -2.49. The lowest BCUT2D eigenvalue weighted by molar-refractivity contribution is -0.143. The quantitative estimate of drug-likeness (QED) is 0.511. The molecule has 1 aliphatic rings. The summed E-state index contributed by atoms with van der Waals surface area (Å²) in [5.74, 6) is -1.69. The molecule has 0 spiro atoms. The first kappa shape index (κ1) is 16.3. The Balaban J connectivity index is 2.23. The van der Waals surface area contributed by atoms with E-state index < -0.39 is 11.9 Å². The highest BCUT2D eigenvalue weighted by molar-refractivity contribution is 5.76. The molecule has 0 aromatic rings. The van der Waals surface area contributed by atoms with E-state index in [1.165, 1.54) is 0 Å². The number of unbranched alkanes of at least 4 members (excludes halogenated alkanes) is 1. The highest BCUT2D eigenvalue weighted by atomic mass is 16.4. The molecule has 7 heteroatoms. The number of hydrogen-bond donors (Lipinski definition) is 4. The van der Waals surface area contributed by atoms with Crippen molar-refractivity contribution in [3.8, 4) is 0 Å². The minimum atomic E-state index is -0.851. The number of nitrogens with two attached hydrogens (primary N) is 1. The van der Waals surface area contributed by atoms with Gasteiger partial charge < -0.3 is 21.5 Å². The Bertz CT molecular complexity index is 360. The van der Waals surface area contributed by atoms with Gasteiger partial charge in [0.25, 0.3) is 0 Å². The molecule has 7 nitrogen and oxygen atoms in total. The number of primary amides is 1. The van der Waals surface area contributed by atoms with Gasteiger partial charge in [0.2, 0.25) is 5.91 Å². The van der Waals surface area contributed by atoms with Crippen LogP contribution in [0.25, 0.3) is 0 Å². The van der Waals surface area contributed by atoms with Crippen molar-refractivity contribution < 1.29 is 19.5 Å². The van der Waals surface area contributed by atoms with Crippen LogP contribution >= 0.6 is 0 Å². The molecule has 2 atom stereocenters. The molecular weight excluding hydrogens is 262 g/mol. The molecule has 0 heterocycles. The zero-order valence-electron chi connectivity index (χ0n) is 11.6. The molecule has 0 aromatic heterocycles. The summed E-state index contributed by atoms with van der Waals surface area (Å²) in [5.41, 5.74) is 5.01. The molecule has 20 heavy (non-hydrogen) atoms. The first-order valence-corrected chi connectivity index (χ1v) is 7.06. The summed E-state index contributed by atoms with van der Waals surface area (Å²) in [4.78, 5) is 33.3. The molecule has 3 amide bonds. The van der Waals surface area contributed by atoms with Gasteiger partial charge in [-0.15, -0.1) is 0 Å². The van der Waals surface area contributed by atoms with Crippen LogP contribution in [-0.2, 0) is 9.59 Å². The Kier molecular flexibility index (Phi) is 6.83. The van der Waals surface area contributed by atoms with Gasteiger partial charge in [0.1, 0.15) is 0 Å². The molecule has 2 unspecified atom stereocenters. The molecule has 1 rings (SSSR count). The van der Waals surface area contributed by atoms with Crippen LogP contribution in [0.15, 0.2) is 0 Å². The summed E-state index contributed by atoms with van der Waals surface area (Å²) < 4.78 is 0. The van der Waals surface area contributed by atoms with Crippen molar-refractivity contribution in [2.45, 2.75) is 51.0 Å². The van der Waals surface area contributed by atoms with Crippen LogP contribution in [0.3, 0.4) is 0 Å². The third-order valence-corrected chi connectivity index (χ3v) is 3.54. The molecule has 114 valence electrons. The predicted octanol–water partition coefficient (Wildman–Crippen LogP) is 0.585. The molecule has 1 aliphatic carbocycles. The van der Waals surface area contributed by atoms with E-state index in [0.717, 1.165) is 12.8 Å². The number of carbonyl (C=O) groups is 3. The Hall–Kier alpha value is -1.79. The smallest absolute Gasteiger partial charge is 0.315 e. The third kappa shape index (κ3) is 5.90. The third-order valence-electron chi connectivity index (χ3n) is 3.54. The number of nitrogens with one attached hydrogen (secondary N) is 2. The van der Waals surface area contributed by atoms with Gasteiger partial charge in [-0.1, -0.05) is 12.8 Å². The summed E-state index contributed by atoms with van der Waals surface area (Å²) in [5, 5.41) is 14.5. The van der Waals surface area contributed by atoms with Crippen molar-refractivity contribution in [3.63, 3.8) is 0 Å². The van der Waals surface area contributed by atoms with Crippen LogP contribution in [0.1, 0.15) is 44.9 Å². The summed E-state index contributed by atoms with van der Waals surface area (Å²) >= 11 is 0. The minimum absolute atomic E-state index is 0.299. The zero-order valence-corrected chi connectivity index (χ0v) is 11.6. The fourth-order valence-electron chi connectivity index (χ4n) is 2.44. The average Bonchev–Trinajstić information content (AvgIpc) is 2.38. The first-order valence-electron chi connectivity index (χ1n) is 7.06. The van der Waals surface area contributed by atoms with Crippen molar-refractivity contribution >= 4 is 17.9 Å². The van der Waals surface area contributed by atoms with Crippen molar-refractivity contribution in [3.05, 3.63) is 0 Å². The fraction of sp³-hybridized carbons (Fsp3) is 0.769. The lowest BCUT2D eigenvalue weighted by atomic mass is 9.84. The van der Waals surface area contributed by atoms with Crippen LogP contribution in [0.5, 0.6) is 0 Å². The summed E-state index contributed by atoms with van der Waals surface area (Å²) in [7, 11) is 0. The monoisotopic (exact) mass is 285 g/mol. The van der Waals surface area contributed by atoms with E-state index in [9.17, 15) is 14.4 Å². The Morgan fingerprint density at radius 2 is 1.85 bits per heavy atom. The molecule has 0 saturated heterocycles. The molecule has 0 bridgehead atoms. The topological polar surface area (TPSA) is 122 Å². The van der Waals surface area contributed by atoms with E-state index in [2.05, 4.69) is 10.6 Å². The number of rotatable bonds is 7. The largest absolute Gasteiger partial charge is 0.481 e. The fourth-order valence-corrected chi connectivity index (χ4v) is 2.44. The number of carboxylic acids is 1. The first-order chi connectivity index (χ1) is 9.50. The second-order valence-corrected chi connectivity index (χ2v) is 5.16. The maximum Gasteiger partial charge on any atom is 0.315 e. The number of hydrogen-bond acceptors (Lipinski definition) is 3. The molecule has 0 aromatic carbocycles. The molecule has 1 fully saturated rings. The minimum Gasteiger partial charge on any atom is -0.481 e. The van der Waals surface area contributed by atoms with E-state index in [1.807, 2.05) is 0 Å². The van der Waals surface area contributed by atoms with Gasteiger partial charge in [0.15, 0.2) is 0 Å². The van der Waals surface area contributed by atoms with Crippen LogP contribution in [0.2, 0.25) is 0 Å². The maximum atomic E-state index is 11.7. The van der Waals surface area contributed by atoms with Crippen LogP contribution in [-0.4, -0.2) is 35.6 Å². The molecular formula is C13H23N3O4. The van der Waals surface area contributed by atoms with Crippen LogP contribution in [0, 0.1) is 5.92 Å². The summed E-state index contributed by atoms with van der Waals surface area (Å²) in [6, 6.07) is -0.644. The number of urea groups is 1. The van der Waals surface area contributed by atoms with Crippen molar-refractivity contribution in [2.24, 2.45) is 11.7 Å². The SMILES string of the molecule is NC(=O)CCCCNC(=O)NC1CCCCC1C(=O)O. The van der Waals surface area contributed by atoms with Crippen molar-refractivity contribution in [1.29, 1.82) is 0 Å². The maximum absolute atomic E-state index is 11.7. The number of carboxylic acid groups (broad SMARTS) is 1. The lowest BCUT2D eigenvalue weighted by Gasteiger charge is -2.29. The van der Waals surface area contributed by atoms with Crippen LogP contribution < -0.4 is 16.4 Å². The standard InChI is InChI=1S/C13H23N3O4/c14-11(17)7-3-4-8-15-13(20)16-10-6-2-1-5-9(10)12(18)19/h9-10H,1-8H2,(H2,14,17)(H,18,19)(H2,15,16,20). The van der Waals surface area contributed by atoms with Gasteiger partial charge in [-0.05, 0) is 25.7 Å². The second-order valence-electron chi connectivity index (χ2n) is 5.16. The van der Waals surface area contributed by atoms with E-state index >= 15 is 0 Å². The zero-order chi connectivity index (χ0) is 15.0. The predicted molar refractivity (Wildman–Crippen MR) is 73.0 cm³/mol. The number of carbonyl (C=O) groups excluding carboxylic acids is 2. The van der Waals surface area contributed by atoms with Gasteiger partial charge in [0.05, 0.1) is 5.92 Å². The molecule has 0 radical (unpaired) electrons. The Morgan fingerprint density at radius 3 is 2.50 bits per heavy atom. The van der Waals surface area contributed by atoms with E-state index in [-0.39, 0.29) is 18.0 Å². The number of aliphatic carboxylic acids is 1. The van der Waals surface area contributed by atoms with Gasteiger partial charge in [-0.2, -0.15) is 0 Å². The highest BCUT2D eigenvalue weighted by Gasteiger charge is 2.31. The van der Waals surface area contributed by atoms with E-state index in [1.54, 1.807) is 0 Å². The summed E-state index contributed by atoms with van der Waals surface area (Å²) in [6.07, 6.45) is 4.76. The van der Waals surface area contributed by atoms with Gasteiger partial charge in [-0.25, -0.2) is 4.79 Å². The Labute approximate surface area is 118 Å². The Morgan fingerprint density at radius 1 is 1.15 bits per heavy atom. The van der Waals surface area contributed by atoms with Gasteiger partial charge in [0, 0.05) is 19.0 Å². The number of amides is 3. The molecule has 1 saturated carbocycles. The van der Waals surface area contributed by atoms with Crippen molar-refractivity contribution in [1.82, 2.24) is 10.6 Å². The average molecular weight is 285 g/mol. The molecule has 0 aliphatic heterocycles. The summed E-state index contributed by atoms with van der Waals surface area (Å²) in [6.45, 7) is 0.448. The normalized spacial score (nSPS) is 22.0. The van der Waals surface area contributed by atoms with Crippen LogP contribution in [0.4, 0.5) is 4.79 Å². The molecule has 5 N–H and O–H groups in total. The van der Waals surface area contributed by atoms with E-state index in [4.69, 9.17) is 10.8 Å². The highest BCUT2D eigenvalue weighted by Crippen LogP contribution is 2.24. The van der Waals surface area contributed by atoms with E-state index in [0.29, 0.717) is 38.6 Å². The van der Waals surface area contributed by atoms with Crippen molar-refractivity contribution in [2.75, 3.05) is 6.54 Å². The van der Waals surface area contributed by atoms with Gasteiger partial charge in [-0.3, -0.25) is 9.59 Å².